The quantitative estimate of drug-likeness (QED) is 0.919. The summed E-state index contributed by atoms with van der Waals surface area (Å²) in [7, 11) is 1.69. The van der Waals surface area contributed by atoms with E-state index in [9.17, 15) is 0 Å². The third kappa shape index (κ3) is 3.10. The first-order chi connectivity index (χ1) is 8.24. The predicted octanol–water partition coefficient (Wildman–Crippen LogP) is 3.23. The summed E-state index contributed by atoms with van der Waals surface area (Å²) in [6, 6.07) is 10.2. The monoisotopic (exact) mass is 328 g/mol. The van der Waals surface area contributed by atoms with Gasteiger partial charge in [-0.3, -0.25) is 5.41 Å². The van der Waals surface area contributed by atoms with Gasteiger partial charge in [-0.1, -0.05) is 30.3 Å². The Balaban J connectivity index is 0.00000162. The average molecular weight is 329 g/mol. The van der Waals surface area contributed by atoms with Crippen molar-refractivity contribution in [3.05, 3.63) is 40.0 Å². The molecule has 1 aromatic carbocycles. The van der Waals surface area contributed by atoms with Crippen molar-refractivity contribution in [1.29, 1.82) is 5.41 Å². The van der Waals surface area contributed by atoms with Crippen LogP contribution in [0.3, 0.4) is 0 Å². The summed E-state index contributed by atoms with van der Waals surface area (Å²) in [6.45, 7) is 3.42. The fourth-order valence-corrected chi connectivity index (χ4v) is 2.80. The molecule has 98 valence electrons. The van der Waals surface area contributed by atoms with Crippen molar-refractivity contribution in [2.75, 3.05) is 13.7 Å². The number of aromatic nitrogens is 1. The van der Waals surface area contributed by atoms with E-state index < -0.39 is 0 Å². The van der Waals surface area contributed by atoms with Crippen molar-refractivity contribution in [2.45, 2.75) is 13.5 Å². The van der Waals surface area contributed by atoms with Crippen LogP contribution in [0.2, 0.25) is 0 Å². The normalized spacial score (nSPS) is 10.1. The Hall–Kier alpha value is -0.910. The lowest BCUT2D eigenvalue weighted by atomic mass is 10.1. The number of rotatable bonds is 4. The molecule has 0 saturated heterocycles. The molecule has 18 heavy (non-hydrogen) atoms. The highest BCUT2D eigenvalue weighted by Gasteiger charge is 2.11. The van der Waals surface area contributed by atoms with Gasteiger partial charge < -0.3 is 9.30 Å². The molecule has 0 radical (unpaired) electrons. The van der Waals surface area contributed by atoms with E-state index in [-0.39, 0.29) is 17.0 Å². The fraction of sp³-hybridized carbons (Fsp3) is 0.308. The van der Waals surface area contributed by atoms with E-state index in [1.807, 2.05) is 22.8 Å². The smallest absolute Gasteiger partial charge is 0.182 e. The molecule has 0 amide bonds. The molecule has 0 aliphatic carbocycles. The fourth-order valence-electron chi connectivity index (χ4n) is 1.89. The van der Waals surface area contributed by atoms with Crippen LogP contribution in [0, 0.1) is 12.3 Å². The van der Waals surface area contributed by atoms with Crippen LogP contribution in [0.1, 0.15) is 4.88 Å². The van der Waals surface area contributed by atoms with Gasteiger partial charge >= 0.3 is 0 Å². The van der Waals surface area contributed by atoms with Crippen molar-refractivity contribution in [3.8, 4) is 11.3 Å². The summed E-state index contributed by atoms with van der Waals surface area (Å²) in [5.74, 6) is 0. The van der Waals surface area contributed by atoms with Crippen LogP contribution in [0.4, 0.5) is 0 Å². The SMILES string of the molecule is Br.COCCn1c(-c2ccccc2)c(C)sc1=N. The zero-order chi connectivity index (χ0) is 12.3. The van der Waals surface area contributed by atoms with Crippen LogP contribution in [0.25, 0.3) is 11.3 Å². The van der Waals surface area contributed by atoms with Crippen LogP contribution >= 0.6 is 28.3 Å². The van der Waals surface area contributed by atoms with E-state index in [0.717, 1.165) is 17.8 Å². The van der Waals surface area contributed by atoms with Gasteiger partial charge in [0.05, 0.1) is 12.3 Å². The molecule has 2 aromatic rings. The van der Waals surface area contributed by atoms with Crippen molar-refractivity contribution >= 4 is 28.3 Å². The number of hydrogen-bond donors (Lipinski definition) is 1. The van der Waals surface area contributed by atoms with E-state index in [1.165, 1.54) is 16.2 Å². The Labute approximate surface area is 121 Å². The van der Waals surface area contributed by atoms with Gasteiger partial charge in [-0.25, -0.2) is 0 Å². The van der Waals surface area contributed by atoms with Crippen molar-refractivity contribution in [1.82, 2.24) is 4.57 Å². The summed E-state index contributed by atoms with van der Waals surface area (Å²) in [6.07, 6.45) is 0. The summed E-state index contributed by atoms with van der Waals surface area (Å²) < 4.78 is 7.11. The molecule has 1 N–H and O–H groups in total. The molecular formula is C13H17BrN2OS. The van der Waals surface area contributed by atoms with Gasteiger partial charge in [-0.15, -0.1) is 28.3 Å². The third-order valence-corrected chi connectivity index (χ3v) is 3.58. The molecule has 1 aromatic heterocycles. The molecule has 0 atom stereocenters. The molecule has 2 rings (SSSR count). The van der Waals surface area contributed by atoms with Crippen LogP contribution in [0.15, 0.2) is 30.3 Å². The molecule has 0 saturated carbocycles. The van der Waals surface area contributed by atoms with Gasteiger partial charge in [0.15, 0.2) is 4.80 Å². The van der Waals surface area contributed by atoms with Gasteiger partial charge in [0.25, 0.3) is 0 Å². The minimum absolute atomic E-state index is 0. The number of aryl methyl sites for hydroxylation is 1. The summed E-state index contributed by atoms with van der Waals surface area (Å²) in [5, 5.41) is 7.99. The maximum absolute atomic E-state index is 7.99. The summed E-state index contributed by atoms with van der Waals surface area (Å²) in [5.41, 5.74) is 2.30. The Bertz CT molecular complexity index is 548. The highest BCUT2D eigenvalue weighted by atomic mass is 79.9. The van der Waals surface area contributed by atoms with Crippen LogP contribution in [-0.2, 0) is 11.3 Å². The minimum atomic E-state index is 0. The molecule has 3 nitrogen and oxygen atoms in total. The Morgan fingerprint density at radius 2 is 1.94 bits per heavy atom. The summed E-state index contributed by atoms with van der Waals surface area (Å²) in [4.78, 5) is 1.76. The maximum atomic E-state index is 7.99. The van der Waals surface area contributed by atoms with E-state index in [2.05, 4.69) is 19.1 Å². The number of hydrogen-bond acceptors (Lipinski definition) is 3. The molecule has 0 unspecified atom stereocenters. The van der Waals surface area contributed by atoms with Crippen LogP contribution in [-0.4, -0.2) is 18.3 Å². The molecule has 0 aliphatic heterocycles. The zero-order valence-electron chi connectivity index (χ0n) is 10.5. The van der Waals surface area contributed by atoms with Crippen molar-refractivity contribution in [3.63, 3.8) is 0 Å². The lowest BCUT2D eigenvalue weighted by Gasteiger charge is -2.09. The predicted molar refractivity (Wildman–Crippen MR) is 80.5 cm³/mol. The number of nitrogens with one attached hydrogen (secondary N) is 1. The zero-order valence-corrected chi connectivity index (χ0v) is 13.0. The number of thiazole rings is 1. The number of nitrogens with zero attached hydrogens (tertiary/aromatic N) is 1. The van der Waals surface area contributed by atoms with E-state index >= 15 is 0 Å². The lowest BCUT2D eigenvalue weighted by molar-refractivity contribution is 0.187. The van der Waals surface area contributed by atoms with Gasteiger partial charge in [-0.05, 0) is 12.5 Å². The number of ether oxygens (including phenoxy) is 1. The molecule has 0 spiro atoms. The van der Waals surface area contributed by atoms with Gasteiger partial charge in [0.2, 0.25) is 0 Å². The maximum Gasteiger partial charge on any atom is 0.182 e. The topological polar surface area (TPSA) is 38.0 Å². The molecule has 0 bridgehead atoms. The second-order valence-corrected chi connectivity index (χ2v) is 5.03. The van der Waals surface area contributed by atoms with E-state index in [1.54, 1.807) is 7.11 Å². The first-order valence-corrected chi connectivity index (χ1v) is 6.35. The first kappa shape index (κ1) is 15.1. The lowest BCUT2D eigenvalue weighted by Crippen LogP contribution is -2.17. The Morgan fingerprint density at radius 3 is 2.56 bits per heavy atom. The number of benzene rings is 1. The Kier molecular flexibility index (Phi) is 5.78. The van der Waals surface area contributed by atoms with Crippen LogP contribution < -0.4 is 4.80 Å². The second-order valence-electron chi connectivity index (χ2n) is 3.82. The van der Waals surface area contributed by atoms with Crippen molar-refractivity contribution < 1.29 is 4.74 Å². The molecule has 5 heteroatoms. The highest BCUT2D eigenvalue weighted by Crippen LogP contribution is 2.24. The molecule has 0 aliphatic rings. The highest BCUT2D eigenvalue weighted by molar-refractivity contribution is 8.93. The second kappa shape index (κ2) is 6.87. The van der Waals surface area contributed by atoms with Crippen LogP contribution in [0.5, 0.6) is 0 Å². The largest absolute Gasteiger partial charge is 0.383 e. The van der Waals surface area contributed by atoms with Crippen molar-refractivity contribution in [2.24, 2.45) is 0 Å². The van der Waals surface area contributed by atoms with E-state index in [4.69, 9.17) is 10.1 Å². The van der Waals surface area contributed by atoms with Gasteiger partial charge in [0, 0.05) is 18.5 Å². The van der Waals surface area contributed by atoms with Gasteiger partial charge in [-0.2, -0.15) is 0 Å². The first-order valence-electron chi connectivity index (χ1n) is 5.53. The number of halogens is 1. The molecular weight excluding hydrogens is 312 g/mol. The minimum Gasteiger partial charge on any atom is -0.383 e. The Morgan fingerprint density at radius 1 is 1.28 bits per heavy atom. The average Bonchev–Trinajstić information content (AvgIpc) is 2.62. The number of methoxy groups -OCH3 is 1. The molecule has 0 fully saturated rings. The standard InChI is InChI=1S/C13H16N2OS.BrH/c1-10-12(11-6-4-3-5-7-11)15(8-9-16-2)13(14)17-10;/h3-7,14H,8-9H2,1-2H3;1H. The van der Waals surface area contributed by atoms with Gasteiger partial charge in [0.1, 0.15) is 0 Å². The summed E-state index contributed by atoms with van der Waals surface area (Å²) >= 11 is 1.52. The van der Waals surface area contributed by atoms with E-state index in [0.29, 0.717) is 11.4 Å². The third-order valence-electron chi connectivity index (χ3n) is 2.66. The molecule has 1 heterocycles.